The van der Waals surface area contributed by atoms with E-state index in [2.05, 4.69) is 5.10 Å². The van der Waals surface area contributed by atoms with E-state index >= 15 is 0 Å². The molecule has 7 heteroatoms. The summed E-state index contributed by atoms with van der Waals surface area (Å²) in [5.41, 5.74) is 5.36. The molecule has 2 N–H and O–H groups in total. The van der Waals surface area contributed by atoms with Crippen molar-refractivity contribution in [2.45, 2.75) is 26.3 Å². The SMILES string of the molecule is CC(C)n1nc(C(=O)N2CC[C@H](C(N)=O)C2)c2ccccc2c1=O. The molecule has 1 aromatic heterocycles. The summed E-state index contributed by atoms with van der Waals surface area (Å²) in [5, 5.41) is 5.31. The van der Waals surface area contributed by atoms with Crippen LogP contribution in [-0.4, -0.2) is 39.6 Å². The van der Waals surface area contributed by atoms with Crippen LogP contribution in [0.2, 0.25) is 0 Å². The van der Waals surface area contributed by atoms with Crippen LogP contribution in [-0.2, 0) is 4.79 Å². The van der Waals surface area contributed by atoms with Crippen molar-refractivity contribution in [1.82, 2.24) is 14.7 Å². The molecule has 0 saturated carbocycles. The van der Waals surface area contributed by atoms with Crippen LogP contribution in [0, 0.1) is 5.92 Å². The summed E-state index contributed by atoms with van der Waals surface area (Å²) in [4.78, 5) is 38.3. The zero-order chi connectivity index (χ0) is 17.4. The first kappa shape index (κ1) is 16.2. The Morgan fingerprint density at radius 3 is 2.50 bits per heavy atom. The smallest absolute Gasteiger partial charge is 0.274 e. The van der Waals surface area contributed by atoms with E-state index in [0.717, 1.165) is 0 Å². The highest BCUT2D eigenvalue weighted by molar-refractivity contribution is 6.05. The third-order valence-electron chi connectivity index (χ3n) is 4.40. The molecule has 2 heterocycles. The second-order valence-corrected chi connectivity index (χ2v) is 6.38. The van der Waals surface area contributed by atoms with E-state index in [1.54, 1.807) is 29.2 Å². The topological polar surface area (TPSA) is 98.3 Å². The summed E-state index contributed by atoms with van der Waals surface area (Å²) < 4.78 is 1.33. The number of benzene rings is 1. The zero-order valence-electron chi connectivity index (χ0n) is 13.7. The number of nitrogens with two attached hydrogens (primary N) is 1. The predicted octanol–water partition coefficient (Wildman–Crippen LogP) is 0.925. The molecule has 1 aromatic carbocycles. The van der Waals surface area contributed by atoms with Gasteiger partial charge in [-0.15, -0.1) is 0 Å². The standard InChI is InChI=1S/C17H20N4O3/c1-10(2)21-16(23)13-6-4-3-5-12(13)14(19-21)17(24)20-8-7-11(9-20)15(18)22/h3-6,10-11H,7-9H2,1-2H3,(H2,18,22)/t11-/m0/s1. The van der Waals surface area contributed by atoms with E-state index in [4.69, 9.17) is 5.73 Å². The first-order valence-corrected chi connectivity index (χ1v) is 8.00. The Hall–Kier alpha value is -2.70. The molecule has 1 aliphatic rings. The van der Waals surface area contributed by atoms with Crippen molar-refractivity contribution in [2.75, 3.05) is 13.1 Å². The number of likely N-dealkylation sites (tertiary alicyclic amines) is 1. The second kappa shape index (κ2) is 6.07. The van der Waals surface area contributed by atoms with Crippen LogP contribution in [0.15, 0.2) is 29.1 Å². The minimum Gasteiger partial charge on any atom is -0.369 e. The molecular formula is C17H20N4O3. The van der Waals surface area contributed by atoms with Crippen LogP contribution in [0.25, 0.3) is 10.8 Å². The molecule has 0 bridgehead atoms. The Kier molecular flexibility index (Phi) is 4.09. The largest absolute Gasteiger partial charge is 0.369 e. The average Bonchev–Trinajstić information content (AvgIpc) is 3.05. The molecule has 2 aromatic rings. The normalized spacial score (nSPS) is 17.6. The molecule has 0 spiro atoms. The Bertz CT molecular complexity index is 872. The van der Waals surface area contributed by atoms with Crippen LogP contribution >= 0.6 is 0 Å². The molecule has 126 valence electrons. The predicted molar refractivity (Wildman–Crippen MR) is 89.6 cm³/mol. The highest BCUT2D eigenvalue weighted by Gasteiger charge is 2.32. The summed E-state index contributed by atoms with van der Waals surface area (Å²) >= 11 is 0. The van der Waals surface area contributed by atoms with Gasteiger partial charge in [-0.1, -0.05) is 18.2 Å². The van der Waals surface area contributed by atoms with Crippen LogP contribution in [0.4, 0.5) is 0 Å². The van der Waals surface area contributed by atoms with Gasteiger partial charge in [0, 0.05) is 18.5 Å². The highest BCUT2D eigenvalue weighted by Crippen LogP contribution is 2.21. The van der Waals surface area contributed by atoms with Crippen molar-refractivity contribution in [3.05, 3.63) is 40.3 Å². The number of hydrogen-bond acceptors (Lipinski definition) is 4. The second-order valence-electron chi connectivity index (χ2n) is 6.38. The number of primary amides is 1. The molecule has 1 atom stereocenters. The molecule has 1 aliphatic heterocycles. The minimum absolute atomic E-state index is 0.161. The lowest BCUT2D eigenvalue weighted by Gasteiger charge is -2.18. The van der Waals surface area contributed by atoms with E-state index < -0.39 is 5.91 Å². The van der Waals surface area contributed by atoms with E-state index in [1.807, 2.05) is 13.8 Å². The molecule has 24 heavy (non-hydrogen) atoms. The maximum absolute atomic E-state index is 12.9. The maximum Gasteiger partial charge on any atom is 0.274 e. The Balaban J connectivity index is 2.09. The molecular weight excluding hydrogens is 308 g/mol. The fourth-order valence-electron chi connectivity index (χ4n) is 3.04. The molecule has 0 aliphatic carbocycles. The van der Waals surface area contributed by atoms with Gasteiger partial charge in [0.25, 0.3) is 11.5 Å². The summed E-state index contributed by atoms with van der Waals surface area (Å²) in [6, 6.07) is 6.80. The van der Waals surface area contributed by atoms with Crippen LogP contribution in [0.3, 0.4) is 0 Å². The fourth-order valence-corrected chi connectivity index (χ4v) is 3.04. The van der Waals surface area contributed by atoms with Crippen molar-refractivity contribution in [2.24, 2.45) is 11.7 Å². The number of aromatic nitrogens is 2. The van der Waals surface area contributed by atoms with Crippen molar-refractivity contribution in [3.8, 4) is 0 Å². The molecule has 0 radical (unpaired) electrons. The van der Waals surface area contributed by atoms with Gasteiger partial charge in [-0.25, -0.2) is 4.68 Å². The first-order valence-electron chi connectivity index (χ1n) is 8.00. The van der Waals surface area contributed by atoms with Crippen LogP contribution < -0.4 is 11.3 Å². The van der Waals surface area contributed by atoms with E-state index in [1.165, 1.54) is 4.68 Å². The summed E-state index contributed by atoms with van der Waals surface area (Å²) in [6.45, 7) is 4.45. The quantitative estimate of drug-likeness (QED) is 0.906. The van der Waals surface area contributed by atoms with Crippen molar-refractivity contribution < 1.29 is 9.59 Å². The number of fused-ring (bicyclic) bond motifs is 1. The van der Waals surface area contributed by atoms with Gasteiger partial charge in [-0.05, 0) is 26.3 Å². The third kappa shape index (κ3) is 2.66. The van der Waals surface area contributed by atoms with Gasteiger partial charge in [0.15, 0.2) is 5.69 Å². The Morgan fingerprint density at radius 2 is 1.92 bits per heavy atom. The minimum atomic E-state index is -0.393. The summed E-state index contributed by atoms with van der Waals surface area (Å²) in [6.07, 6.45) is 0.558. The van der Waals surface area contributed by atoms with Gasteiger partial charge >= 0.3 is 0 Å². The molecule has 3 rings (SSSR count). The summed E-state index contributed by atoms with van der Waals surface area (Å²) in [5.74, 6) is -0.990. The van der Waals surface area contributed by atoms with E-state index in [-0.39, 0.29) is 29.1 Å². The van der Waals surface area contributed by atoms with Crippen molar-refractivity contribution in [3.63, 3.8) is 0 Å². The molecule has 7 nitrogen and oxygen atoms in total. The Labute approximate surface area is 139 Å². The van der Waals surface area contributed by atoms with Gasteiger partial charge in [-0.3, -0.25) is 14.4 Å². The monoisotopic (exact) mass is 328 g/mol. The van der Waals surface area contributed by atoms with Gasteiger partial charge in [0.05, 0.1) is 17.3 Å². The Morgan fingerprint density at radius 1 is 1.25 bits per heavy atom. The average molecular weight is 328 g/mol. The number of carbonyl (C=O) groups is 2. The van der Waals surface area contributed by atoms with E-state index in [0.29, 0.717) is 30.3 Å². The van der Waals surface area contributed by atoms with Crippen LogP contribution in [0.5, 0.6) is 0 Å². The number of nitrogens with zero attached hydrogens (tertiary/aromatic N) is 3. The van der Waals surface area contributed by atoms with Gasteiger partial charge in [-0.2, -0.15) is 5.10 Å². The zero-order valence-corrected chi connectivity index (χ0v) is 13.7. The lowest BCUT2D eigenvalue weighted by atomic mass is 10.1. The van der Waals surface area contributed by atoms with Crippen molar-refractivity contribution >= 4 is 22.6 Å². The number of amides is 2. The molecule has 1 fully saturated rings. The summed E-state index contributed by atoms with van der Waals surface area (Å²) in [7, 11) is 0. The lowest BCUT2D eigenvalue weighted by molar-refractivity contribution is -0.121. The fraction of sp³-hybridized carbons (Fsp3) is 0.412. The molecule has 0 unspecified atom stereocenters. The lowest BCUT2D eigenvalue weighted by Crippen LogP contribution is -2.35. The third-order valence-corrected chi connectivity index (χ3v) is 4.40. The number of rotatable bonds is 3. The highest BCUT2D eigenvalue weighted by atomic mass is 16.2. The van der Waals surface area contributed by atoms with Gasteiger partial charge in [0.1, 0.15) is 0 Å². The van der Waals surface area contributed by atoms with Gasteiger partial charge in [0.2, 0.25) is 5.91 Å². The number of hydrogen-bond donors (Lipinski definition) is 1. The van der Waals surface area contributed by atoms with Gasteiger partial charge < -0.3 is 10.6 Å². The van der Waals surface area contributed by atoms with Crippen molar-refractivity contribution in [1.29, 1.82) is 0 Å². The van der Waals surface area contributed by atoms with E-state index in [9.17, 15) is 14.4 Å². The molecule has 1 saturated heterocycles. The maximum atomic E-state index is 12.9. The first-order chi connectivity index (χ1) is 11.4. The van der Waals surface area contributed by atoms with Crippen LogP contribution in [0.1, 0.15) is 36.8 Å². The number of carbonyl (C=O) groups excluding carboxylic acids is 2. The molecule has 2 amide bonds.